The van der Waals surface area contributed by atoms with E-state index in [1.165, 1.54) is 6.21 Å². The van der Waals surface area contributed by atoms with E-state index < -0.39 is 11.2 Å². The zero-order valence-corrected chi connectivity index (χ0v) is 18.3. The molecule has 1 heterocycles. The summed E-state index contributed by atoms with van der Waals surface area (Å²) >= 11 is 6.84. The highest BCUT2D eigenvalue weighted by atomic mass is 79.9. The van der Waals surface area contributed by atoms with Crippen molar-refractivity contribution in [2.45, 2.75) is 6.92 Å². The number of nitrogens with zero attached hydrogens (tertiary/aromatic N) is 3. The number of ether oxygens (including phenoxy) is 2. The Labute approximate surface area is 181 Å². The zero-order valence-electron chi connectivity index (χ0n) is 15.1. The average molecular weight is 522 g/mol. The molecule has 0 fully saturated rings. The van der Waals surface area contributed by atoms with Gasteiger partial charge in [-0.1, -0.05) is 12.1 Å². The summed E-state index contributed by atoms with van der Waals surface area (Å²) in [5, 5.41) is 13.2. The number of para-hydroxylation sites is 1. The second-order valence-electron chi connectivity index (χ2n) is 5.64. The number of nitrogens with one attached hydrogen (secondary N) is 1. The van der Waals surface area contributed by atoms with Gasteiger partial charge in [0.1, 0.15) is 6.07 Å². The Kier molecular flexibility index (Phi) is 6.51. The highest BCUT2D eigenvalue weighted by Crippen LogP contribution is 2.42. The van der Waals surface area contributed by atoms with Crippen molar-refractivity contribution in [2.75, 3.05) is 13.2 Å². The van der Waals surface area contributed by atoms with Crippen molar-refractivity contribution in [1.82, 2.24) is 9.66 Å². The van der Waals surface area contributed by atoms with Crippen molar-refractivity contribution in [2.24, 2.45) is 5.10 Å². The number of aromatic nitrogens is 2. The molecule has 2 aromatic carbocycles. The summed E-state index contributed by atoms with van der Waals surface area (Å²) in [6, 6.07) is 10.2. The molecule has 0 aliphatic carbocycles. The van der Waals surface area contributed by atoms with E-state index in [0.29, 0.717) is 43.5 Å². The van der Waals surface area contributed by atoms with Gasteiger partial charge in [-0.3, -0.25) is 4.79 Å². The summed E-state index contributed by atoms with van der Waals surface area (Å²) in [6.07, 6.45) is 1.36. The van der Waals surface area contributed by atoms with Gasteiger partial charge in [0.25, 0.3) is 5.56 Å². The minimum Gasteiger partial charge on any atom is -0.490 e. The van der Waals surface area contributed by atoms with E-state index in [2.05, 4.69) is 41.9 Å². The molecule has 3 rings (SSSR count). The van der Waals surface area contributed by atoms with E-state index in [1.807, 2.05) is 13.0 Å². The fraction of sp³-hybridized carbons (Fsp3) is 0.158. The second-order valence-corrected chi connectivity index (χ2v) is 7.22. The lowest BCUT2D eigenvalue weighted by Gasteiger charge is -2.14. The third-order valence-corrected chi connectivity index (χ3v) is 5.98. The Morgan fingerprint density at radius 1 is 1.24 bits per heavy atom. The summed E-state index contributed by atoms with van der Waals surface area (Å²) in [6.45, 7) is 2.03. The molecule has 0 atom stereocenters. The van der Waals surface area contributed by atoms with Crippen LogP contribution in [0.1, 0.15) is 12.5 Å². The maximum Gasteiger partial charge on any atom is 0.349 e. The first kappa shape index (κ1) is 20.8. The number of fused-ring (bicyclic) bond motifs is 1. The van der Waals surface area contributed by atoms with Crippen molar-refractivity contribution in [3.63, 3.8) is 0 Å². The van der Waals surface area contributed by atoms with Crippen LogP contribution in [0.3, 0.4) is 0 Å². The fourth-order valence-corrected chi connectivity index (χ4v) is 3.51. The van der Waals surface area contributed by atoms with Gasteiger partial charge in [-0.2, -0.15) is 10.4 Å². The first-order chi connectivity index (χ1) is 14.0. The lowest BCUT2D eigenvalue weighted by Crippen LogP contribution is -2.32. The molecule has 148 valence electrons. The zero-order chi connectivity index (χ0) is 21.0. The van der Waals surface area contributed by atoms with Crippen LogP contribution < -0.4 is 20.7 Å². The Morgan fingerprint density at radius 3 is 2.72 bits per heavy atom. The fourth-order valence-electron chi connectivity index (χ4n) is 2.58. The molecule has 10 heteroatoms. The van der Waals surface area contributed by atoms with E-state index in [4.69, 9.17) is 14.7 Å². The number of H-pyrrole nitrogens is 1. The summed E-state index contributed by atoms with van der Waals surface area (Å²) < 4.78 is 12.8. The van der Waals surface area contributed by atoms with Gasteiger partial charge in [0.05, 0.1) is 28.2 Å². The molecule has 0 bridgehead atoms. The molecule has 0 saturated heterocycles. The Morgan fingerprint density at radius 2 is 2.00 bits per heavy atom. The summed E-state index contributed by atoms with van der Waals surface area (Å²) in [5.41, 5.74) is -0.214. The highest BCUT2D eigenvalue weighted by Gasteiger charge is 2.17. The van der Waals surface area contributed by atoms with E-state index in [-0.39, 0.29) is 6.61 Å². The van der Waals surface area contributed by atoms with Gasteiger partial charge in [-0.25, -0.2) is 4.79 Å². The van der Waals surface area contributed by atoms with Crippen LogP contribution in [0.5, 0.6) is 11.5 Å². The van der Waals surface area contributed by atoms with Crippen LogP contribution >= 0.6 is 31.9 Å². The monoisotopic (exact) mass is 520 g/mol. The largest absolute Gasteiger partial charge is 0.490 e. The third-order valence-electron chi connectivity index (χ3n) is 3.83. The van der Waals surface area contributed by atoms with Crippen LogP contribution in [0.4, 0.5) is 0 Å². The Hall–Kier alpha value is -2.90. The molecule has 1 aromatic heterocycles. The molecule has 8 nitrogen and oxygen atoms in total. The van der Waals surface area contributed by atoms with Crippen LogP contribution in [0, 0.1) is 11.3 Å². The number of nitriles is 1. The first-order valence-corrected chi connectivity index (χ1v) is 9.99. The number of benzene rings is 2. The molecule has 0 spiro atoms. The van der Waals surface area contributed by atoms with Crippen LogP contribution in [-0.4, -0.2) is 29.1 Å². The maximum atomic E-state index is 12.6. The van der Waals surface area contributed by atoms with Gasteiger partial charge >= 0.3 is 5.69 Å². The standard InChI is InChI=1S/C19H14Br2N4O4/c1-2-28-14-9-11(15(20)16(21)17(14)29-8-7-22)10-23-25-18(26)12-5-3-4-6-13(12)24-19(25)27/h3-6,9-10H,2,8H2,1H3,(H,24,27). The van der Waals surface area contributed by atoms with E-state index in [9.17, 15) is 9.59 Å². The van der Waals surface area contributed by atoms with E-state index in [1.54, 1.807) is 30.3 Å². The molecule has 29 heavy (non-hydrogen) atoms. The van der Waals surface area contributed by atoms with Crippen molar-refractivity contribution < 1.29 is 9.47 Å². The Balaban J connectivity index is 2.10. The SMILES string of the molecule is CCOc1cc(C=Nn2c(=O)[nH]c3ccccc3c2=O)c(Br)c(Br)c1OCC#N. The predicted octanol–water partition coefficient (Wildman–Crippen LogP) is 3.40. The van der Waals surface area contributed by atoms with Crippen molar-refractivity contribution in [1.29, 1.82) is 5.26 Å². The van der Waals surface area contributed by atoms with Gasteiger partial charge in [0.2, 0.25) is 0 Å². The number of rotatable bonds is 6. The molecule has 0 saturated carbocycles. The molecule has 0 radical (unpaired) electrons. The van der Waals surface area contributed by atoms with Crippen molar-refractivity contribution >= 4 is 49.0 Å². The molecule has 0 aliphatic heterocycles. The van der Waals surface area contributed by atoms with E-state index in [0.717, 1.165) is 4.68 Å². The third kappa shape index (κ3) is 4.26. The first-order valence-electron chi connectivity index (χ1n) is 8.40. The normalized spacial score (nSPS) is 11.0. The average Bonchev–Trinajstić information content (AvgIpc) is 2.71. The molecular weight excluding hydrogens is 508 g/mol. The smallest absolute Gasteiger partial charge is 0.349 e. The molecule has 0 aliphatic rings. The second kappa shape index (κ2) is 9.07. The van der Waals surface area contributed by atoms with E-state index >= 15 is 0 Å². The highest BCUT2D eigenvalue weighted by molar-refractivity contribution is 9.13. The minimum absolute atomic E-state index is 0.152. The summed E-state index contributed by atoms with van der Waals surface area (Å²) in [7, 11) is 0. The molecule has 1 N–H and O–H groups in total. The van der Waals surface area contributed by atoms with Crippen LogP contribution in [0.25, 0.3) is 10.9 Å². The van der Waals surface area contributed by atoms with Gasteiger partial charge in [0, 0.05) is 10.0 Å². The van der Waals surface area contributed by atoms with Crippen LogP contribution in [0.15, 0.2) is 54.0 Å². The number of hydrogen-bond donors (Lipinski definition) is 1. The van der Waals surface area contributed by atoms with Crippen molar-refractivity contribution in [3.8, 4) is 17.6 Å². The molecule has 0 amide bonds. The van der Waals surface area contributed by atoms with Gasteiger partial charge in [0.15, 0.2) is 18.1 Å². The number of aromatic amines is 1. The maximum absolute atomic E-state index is 12.6. The molecular formula is C19H14Br2N4O4. The predicted molar refractivity (Wildman–Crippen MR) is 116 cm³/mol. The number of hydrogen-bond acceptors (Lipinski definition) is 6. The van der Waals surface area contributed by atoms with Gasteiger partial charge in [-0.05, 0) is 57.0 Å². The van der Waals surface area contributed by atoms with Crippen LogP contribution in [0.2, 0.25) is 0 Å². The summed E-state index contributed by atoms with van der Waals surface area (Å²) in [4.78, 5) is 27.5. The van der Waals surface area contributed by atoms with Gasteiger partial charge < -0.3 is 14.5 Å². The van der Waals surface area contributed by atoms with Crippen molar-refractivity contribution in [3.05, 3.63) is 65.7 Å². The minimum atomic E-state index is -0.654. The lowest BCUT2D eigenvalue weighted by molar-refractivity contribution is 0.297. The number of halogens is 2. The quantitative estimate of drug-likeness (QED) is 0.500. The molecule has 0 unspecified atom stereocenters. The van der Waals surface area contributed by atoms with Gasteiger partial charge in [-0.15, -0.1) is 4.68 Å². The lowest BCUT2D eigenvalue weighted by atomic mass is 10.2. The topological polar surface area (TPSA) is 109 Å². The summed E-state index contributed by atoms with van der Waals surface area (Å²) in [5.74, 6) is 0.747. The van der Waals surface area contributed by atoms with Crippen LogP contribution in [-0.2, 0) is 0 Å². The Bertz CT molecular complexity index is 1260. The molecule has 3 aromatic rings.